The Balaban J connectivity index is 1.52. The van der Waals surface area contributed by atoms with E-state index in [0.717, 1.165) is 16.7 Å². The van der Waals surface area contributed by atoms with Crippen LogP contribution in [0, 0.1) is 17.7 Å². The van der Waals surface area contributed by atoms with Crippen LogP contribution in [-0.2, 0) is 38.5 Å². The lowest BCUT2D eigenvalue weighted by Crippen LogP contribution is -2.45. The number of halogens is 1. The molecule has 0 radical (unpaired) electrons. The minimum absolute atomic E-state index is 0.0157. The van der Waals surface area contributed by atoms with E-state index in [1.54, 1.807) is 17.0 Å². The zero-order chi connectivity index (χ0) is 31.1. The molecular weight excluding hydrogens is 559 g/mol. The average Bonchev–Trinajstić information content (AvgIpc) is 3.04. The SMILES string of the molecule is O=C1N[C@@H](Cc2ccccc2)COC(=O)[C@H](Cc2ccc(F)cc2)CC/C=C/C[C@H]1CC(=O)N(CCO)Cc1ccccc1. The van der Waals surface area contributed by atoms with Crippen LogP contribution in [0.15, 0.2) is 97.1 Å². The number of aliphatic hydroxyl groups is 1. The van der Waals surface area contributed by atoms with Crippen LogP contribution in [0.2, 0.25) is 0 Å². The second-order valence-corrected chi connectivity index (χ2v) is 11.3. The van der Waals surface area contributed by atoms with E-state index in [0.29, 0.717) is 38.6 Å². The van der Waals surface area contributed by atoms with Crippen molar-refractivity contribution in [2.45, 2.75) is 51.1 Å². The number of benzene rings is 3. The van der Waals surface area contributed by atoms with Crippen molar-refractivity contribution in [3.05, 3.63) is 120 Å². The van der Waals surface area contributed by atoms with Crippen molar-refractivity contribution in [3.8, 4) is 0 Å². The number of carbonyl (C=O) groups is 3. The van der Waals surface area contributed by atoms with E-state index in [1.807, 2.05) is 72.8 Å². The second kappa shape index (κ2) is 17.1. The fourth-order valence-electron chi connectivity index (χ4n) is 5.39. The molecule has 8 heteroatoms. The quantitative estimate of drug-likeness (QED) is 0.252. The van der Waals surface area contributed by atoms with Gasteiger partial charge >= 0.3 is 5.97 Å². The van der Waals surface area contributed by atoms with E-state index in [-0.39, 0.29) is 49.8 Å². The van der Waals surface area contributed by atoms with Crippen LogP contribution in [0.5, 0.6) is 0 Å². The molecule has 0 bridgehead atoms. The minimum atomic E-state index is -0.638. The molecule has 1 heterocycles. The fraction of sp³-hybridized carbons (Fsp3) is 0.361. The molecular formula is C36H41FN2O5. The number of ether oxygens (including phenoxy) is 1. The summed E-state index contributed by atoms with van der Waals surface area (Å²) in [6, 6.07) is 24.8. The van der Waals surface area contributed by atoms with Gasteiger partial charge in [-0.2, -0.15) is 0 Å². The predicted molar refractivity (Wildman–Crippen MR) is 167 cm³/mol. The highest BCUT2D eigenvalue weighted by Crippen LogP contribution is 2.20. The number of nitrogens with one attached hydrogen (secondary N) is 1. The van der Waals surface area contributed by atoms with Gasteiger partial charge in [0.15, 0.2) is 0 Å². The Kier molecular flexibility index (Phi) is 12.7. The predicted octanol–water partition coefficient (Wildman–Crippen LogP) is 5.02. The molecule has 3 aromatic carbocycles. The third kappa shape index (κ3) is 10.5. The third-order valence-corrected chi connectivity index (χ3v) is 7.83. The number of carbonyl (C=O) groups excluding carboxylic acids is 3. The molecule has 4 rings (SSSR count). The van der Waals surface area contributed by atoms with Crippen molar-refractivity contribution >= 4 is 17.8 Å². The largest absolute Gasteiger partial charge is 0.463 e. The molecule has 0 unspecified atom stereocenters. The summed E-state index contributed by atoms with van der Waals surface area (Å²) in [7, 11) is 0. The molecule has 44 heavy (non-hydrogen) atoms. The molecule has 1 aliphatic heterocycles. The van der Waals surface area contributed by atoms with Gasteiger partial charge in [0.25, 0.3) is 0 Å². The standard InChI is InChI=1S/C36H41FN2O5/c37-32-18-16-28(17-19-32)22-31-15-9-3-8-14-30(24-34(41)39(20-21-40)25-29-12-6-2-7-13-29)35(42)38-33(26-44-36(31)43)23-27-10-4-1-5-11-27/h1-8,10-13,16-19,30-31,33,40H,9,14-15,20-26H2,(H,38,42)/b8-3+/t30-,31-,33-/m0/s1. The molecule has 0 aliphatic carbocycles. The Morgan fingerprint density at radius 3 is 2.20 bits per heavy atom. The molecule has 1 aliphatic rings. The molecule has 2 N–H and O–H groups in total. The maximum Gasteiger partial charge on any atom is 0.309 e. The van der Waals surface area contributed by atoms with Crippen LogP contribution in [0.1, 0.15) is 42.4 Å². The van der Waals surface area contributed by atoms with Gasteiger partial charge < -0.3 is 20.1 Å². The van der Waals surface area contributed by atoms with Gasteiger partial charge in [0.05, 0.1) is 24.5 Å². The number of hydrogen-bond acceptors (Lipinski definition) is 5. The molecule has 232 valence electrons. The number of cyclic esters (lactones) is 1. The van der Waals surface area contributed by atoms with Crippen molar-refractivity contribution in [2.75, 3.05) is 19.8 Å². The number of rotatable bonds is 10. The van der Waals surface area contributed by atoms with E-state index >= 15 is 0 Å². The monoisotopic (exact) mass is 600 g/mol. The average molecular weight is 601 g/mol. The van der Waals surface area contributed by atoms with Crippen molar-refractivity contribution < 1.29 is 28.6 Å². The molecule has 0 fully saturated rings. The van der Waals surface area contributed by atoms with Crippen LogP contribution < -0.4 is 5.32 Å². The number of amides is 2. The second-order valence-electron chi connectivity index (χ2n) is 11.3. The van der Waals surface area contributed by atoms with Gasteiger partial charge in [-0.15, -0.1) is 0 Å². The van der Waals surface area contributed by atoms with Gasteiger partial charge in [0, 0.05) is 19.5 Å². The zero-order valence-corrected chi connectivity index (χ0v) is 24.9. The Morgan fingerprint density at radius 1 is 0.864 bits per heavy atom. The molecule has 0 aromatic heterocycles. The normalized spacial score (nSPS) is 20.3. The van der Waals surface area contributed by atoms with E-state index in [9.17, 15) is 23.9 Å². The summed E-state index contributed by atoms with van der Waals surface area (Å²) in [5, 5.41) is 12.7. The first-order valence-corrected chi connectivity index (χ1v) is 15.2. The van der Waals surface area contributed by atoms with Crippen LogP contribution >= 0.6 is 0 Å². The van der Waals surface area contributed by atoms with Gasteiger partial charge in [-0.3, -0.25) is 14.4 Å². The lowest BCUT2D eigenvalue weighted by Gasteiger charge is -2.26. The number of hydrogen-bond donors (Lipinski definition) is 2. The van der Waals surface area contributed by atoms with E-state index in [1.165, 1.54) is 12.1 Å². The molecule has 7 nitrogen and oxygen atoms in total. The van der Waals surface area contributed by atoms with Crippen molar-refractivity contribution in [2.24, 2.45) is 11.8 Å². The van der Waals surface area contributed by atoms with Crippen LogP contribution in [0.4, 0.5) is 4.39 Å². The van der Waals surface area contributed by atoms with Crippen molar-refractivity contribution in [1.29, 1.82) is 0 Å². The Hall–Kier alpha value is -4.30. The van der Waals surface area contributed by atoms with Gasteiger partial charge in [0.2, 0.25) is 11.8 Å². The highest BCUT2D eigenvalue weighted by atomic mass is 19.1. The third-order valence-electron chi connectivity index (χ3n) is 7.83. The van der Waals surface area contributed by atoms with E-state index in [2.05, 4.69) is 5.32 Å². The first-order chi connectivity index (χ1) is 21.4. The van der Waals surface area contributed by atoms with E-state index in [4.69, 9.17) is 4.74 Å². The van der Waals surface area contributed by atoms with Crippen LogP contribution in [0.25, 0.3) is 0 Å². The number of allylic oxidation sites excluding steroid dienone is 2. The number of aliphatic hydroxyl groups excluding tert-OH is 1. The number of esters is 1. The maximum absolute atomic E-state index is 13.7. The Morgan fingerprint density at radius 2 is 1.52 bits per heavy atom. The van der Waals surface area contributed by atoms with Gasteiger partial charge in [0.1, 0.15) is 12.4 Å². The number of nitrogens with zero attached hydrogens (tertiary/aromatic N) is 1. The van der Waals surface area contributed by atoms with Crippen molar-refractivity contribution in [1.82, 2.24) is 10.2 Å². The van der Waals surface area contributed by atoms with Crippen LogP contribution in [-0.4, -0.2) is 53.6 Å². The summed E-state index contributed by atoms with van der Waals surface area (Å²) >= 11 is 0. The molecule has 0 saturated carbocycles. The Bertz CT molecular complexity index is 1360. The van der Waals surface area contributed by atoms with Crippen molar-refractivity contribution in [3.63, 3.8) is 0 Å². The molecule has 0 spiro atoms. The topological polar surface area (TPSA) is 95.9 Å². The summed E-state index contributed by atoms with van der Waals surface area (Å²) in [5.41, 5.74) is 2.76. The molecule has 0 saturated heterocycles. The summed E-state index contributed by atoms with van der Waals surface area (Å²) in [4.78, 5) is 42.0. The molecule has 3 atom stereocenters. The Labute approximate surface area is 258 Å². The summed E-state index contributed by atoms with van der Waals surface area (Å²) < 4.78 is 19.3. The highest BCUT2D eigenvalue weighted by Gasteiger charge is 2.28. The maximum atomic E-state index is 13.7. The lowest BCUT2D eigenvalue weighted by molar-refractivity contribution is -0.150. The first-order valence-electron chi connectivity index (χ1n) is 15.2. The van der Waals surface area contributed by atoms with Crippen LogP contribution in [0.3, 0.4) is 0 Å². The smallest absolute Gasteiger partial charge is 0.309 e. The fourth-order valence-corrected chi connectivity index (χ4v) is 5.39. The first kappa shape index (κ1) is 32.6. The molecule has 3 aromatic rings. The lowest BCUT2D eigenvalue weighted by atomic mass is 9.94. The van der Waals surface area contributed by atoms with Gasteiger partial charge in [-0.1, -0.05) is 84.9 Å². The van der Waals surface area contributed by atoms with Gasteiger partial charge in [-0.25, -0.2) is 4.39 Å². The summed E-state index contributed by atoms with van der Waals surface area (Å²) in [6.07, 6.45) is 6.15. The van der Waals surface area contributed by atoms with Gasteiger partial charge in [-0.05, 0) is 60.9 Å². The molecule has 2 amide bonds. The van der Waals surface area contributed by atoms with E-state index < -0.39 is 17.9 Å². The minimum Gasteiger partial charge on any atom is -0.463 e. The zero-order valence-electron chi connectivity index (χ0n) is 24.9. The highest BCUT2D eigenvalue weighted by molar-refractivity contribution is 5.86. The summed E-state index contributed by atoms with van der Waals surface area (Å²) in [5.74, 6) is -2.26. The summed E-state index contributed by atoms with van der Waals surface area (Å²) in [6.45, 7) is 0.309.